The minimum absolute atomic E-state index is 0.164. The first-order valence-electron chi connectivity index (χ1n) is 9.03. The number of urea groups is 1. The number of nitrogens with one attached hydrogen (secondary N) is 2. The number of benzene rings is 1. The Morgan fingerprint density at radius 1 is 1.30 bits per heavy atom. The monoisotopic (exact) mass is 382 g/mol. The van der Waals surface area contributed by atoms with Crippen LogP contribution in [0.3, 0.4) is 0 Å². The Kier molecular flexibility index (Phi) is 5.45. The summed E-state index contributed by atoms with van der Waals surface area (Å²) in [5, 5.41) is 12.3. The van der Waals surface area contributed by atoms with Crippen LogP contribution in [0.15, 0.2) is 54.4 Å². The Hall–Kier alpha value is -2.71. The summed E-state index contributed by atoms with van der Waals surface area (Å²) in [5.74, 6) is 0. The SMILES string of the molecule is O=C(Nc1cccc(-n2cncn2)c1)N[C@H]1CCCN(Cc2cccs2)C1. The third-order valence-corrected chi connectivity index (χ3v) is 5.45. The van der Waals surface area contributed by atoms with Crippen molar-refractivity contribution in [2.75, 3.05) is 18.4 Å². The van der Waals surface area contributed by atoms with Crippen molar-refractivity contribution in [3.63, 3.8) is 0 Å². The maximum Gasteiger partial charge on any atom is 0.319 e. The quantitative estimate of drug-likeness (QED) is 0.711. The average molecular weight is 382 g/mol. The zero-order valence-corrected chi connectivity index (χ0v) is 15.7. The zero-order valence-electron chi connectivity index (χ0n) is 14.9. The molecule has 0 saturated carbocycles. The number of amides is 2. The molecule has 1 atom stereocenters. The number of hydrogen-bond acceptors (Lipinski definition) is 5. The summed E-state index contributed by atoms with van der Waals surface area (Å²) in [5.41, 5.74) is 1.58. The summed E-state index contributed by atoms with van der Waals surface area (Å²) in [7, 11) is 0. The van der Waals surface area contributed by atoms with Gasteiger partial charge >= 0.3 is 6.03 Å². The Morgan fingerprint density at radius 2 is 2.26 bits per heavy atom. The van der Waals surface area contributed by atoms with Gasteiger partial charge in [0.1, 0.15) is 12.7 Å². The summed E-state index contributed by atoms with van der Waals surface area (Å²) in [4.78, 5) is 20.2. The van der Waals surface area contributed by atoms with E-state index in [1.807, 2.05) is 24.3 Å². The fourth-order valence-electron chi connectivity index (χ4n) is 3.36. The minimum Gasteiger partial charge on any atom is -0.334 e. The van der Waals surface area contributed by atoms with Gasteiger partial charge in [0, 0.05) is 29.7 Å². The molecule has 7 nitrogen and oxygen atoms in total. The molecule has 1 fully saturated rings. The van der Waals surface area contributed by atoms with Gasteiger partial charge < -0.3 is 10.6 Å². The first-order valence-corrected chi connectivity index (χ1v) is 9.91. The molecule has 2 aromatic heterocycles. The number of hydrogen-bond donors (Lipinski definition) is 2. The van der Waals surface area contributed by atoms with Crippen molar-refractivity contribution in [3.05, 3.63) is 59.3 Å². The van der Waals surface area contributed by atoms with Crippen LogP contribution in [0.5, 0.6) is 0 Å². The van der Waals surface area contributed by atoms with Crippen molar-refractivity contribution in [2.45, 2.75) is 25.4 Å². The summed E-state index contributed by atoms with van der Waals surface area (Å²) < 4.78 is 1.66. The largest absolute Gasteiger partial charge is 0.334 e. The van der Waals surface area contributed by atoms with E-state index in [2.05, 4.69) is 43.1 Å². The fraction of sp³-hybridized carbons (Fsp3) is 0.316. The predicted molar refractivity (Wildman–Crippen MR) is 106 cm³/mol. The molecule has 3 aromatic rings. The van der Waals surface area contributed by atoms with Crippen LogP contribution in [0, 0.1) is 0 Å². The van der Waals surface area contributed by atoms with Gasteiger partial charge in [0.05, 0.1) is 5.69 Å². The molecule has 27 heavy (non-hydrogen) atoms. The normalized spacial score (nSPS) is 17.6. The van der Waals surface area contributed by atoms with E-state index in [1.54, 1.807) is 22.3 Å². The van der Waals surface area contributed by atoms with Gasteiger partial charge in [-0.2, -0.15) is 5.10 Å². The van der Waals surface area contributed by atoms with E-state index >= 15 is 0 Å². The molecule has 4 rings (SSSR count). The lowest BCUT2D eigenvalue weighted by molar-refractivity contribution is 0.184. The van der Waals surface area contributed by atoms with Crippen LogP contribution in [-0.2, 0) is 6.54 Å². The molecular formula is C19H22N6OS. The Bertz CT molecular complexity index is 864. The molecule has 140 valence electrons. The molecule has 3 heterocycles. The first-order chi connectivity index (χ1) is 13.3. The Morgan fingerprint density at radius 3 is 3.07 bits per heavy atom. The minimum atomic E-state index is -0.172. The number of likely N-dealkylation sites (tertiary alicyclic amines) is 1. The summed E-state index contributed by atoms with van der Waals surface area (Å²) in [6, 6.07) is 11.8. The van der Waals surface area contributed by atoms with Crippen LogP contribution in [0.4, 0.5) is 10.5 Å². The number of anilines is 1. The highest BCUT2D eigenvalue weighted by atomic mass is 32.1. The Balaban J connectivity index is 1.32. The lowest BCUT2D eigenvalue weighted by Crippen LogP contribution is -2.48. The van der Waals surface area contributed by atoms with E-state index in [0.717, 1.165) is 43.9 Å². The number of piperidine rings is 1. The highest BCUT2D eigenvalue weighted by Crippen LogP contribution is 2.17. The topological polar surface area (TPSA) is 75.1 Å². The molecule has 1 saturated heterocycles. The number of carbonyl (C=O) groups is 1. The number of carbonyl (C=O) groups excluding carboxylic acids is 1. The number of nitrogens with zero attached hydrogens (tertiary/aromatic N) is 4. The summed E-state index contributed by atoms with van der Waals surface area (Å²) in [6.45, 7) is 2.92. The van der Waals surface area contributed by atoms with Crippen LogP contribution >= 0.6 is 11.3 Å². The Labute approximate surface area is 162 Å². The summed E-state index contributed by atoms with van der Waals surface area (Å²) >= 11 is 1.78. The van der Waals surface area contributed by atoms with Gasteiger partial charge in [-0.05, 0) is 49.0 Å². The first kappa shape index (κ1) is 17.7. The van der Waals surface area contributed by atoms with E-state index in [-0.39, 0.29) is 12.1 Å². The second-order valence-corrected chi connectivity index (χ2v) is 7.67. The molecule has 0 aliphatic carbocycles. The third kappa shape index (κ3) is 4.72. The van der Waals surface area contributed by atoms with Crippen molar-refractivity contribution in [3.8, 4) is 5.69 Å². The number of thiophene rings is 1. The van der Waals surface area contributed by atoms with Crippen molar-refractivity contribution in [1.82, 2.24) is 25.0 Å². The highest BCUT2D eigenvalue weighted by molar-refractivity contribution is 7.09. The van der Waals surface area contributed by atoms with Gasteiger partial charge in [-0.15, -0.1) is 11.3 Å². The van der Waals surface area contributed by atoms with Crippen molar-refractivity contribution < 1.29 is 4.79 Å². The van der Waals surface area contributed by atoms with E-state index in [1.165, 1.54) is 11.2 Å². The van der Waals surface area contributed by atoms with Gasteiger partial charge in [0.15, 0.2) is 0 Å². The molecule has 0 radical (unpaired) electrons. The van der Waals surface area contributed by atoms with E-state index in [9.17, 15) is 4.79 Å². The molecule has 8 heteroatoms. The lowest BCUT2D eigenvalue weighted by atomic mass is 10.1. The lowest BCUT2D eigenvalue weighted by Gasteiger charge is -2.32. The van der Waals surface area contributed by atoms with Crippen LogP contribution in [0.1, 0.15) is 17.7 Å². The van der Waals surface area contributed by atoms with E-state index in [0.29, 0.717) is 0 Å². The fourth-order valence-corrected chi connectivity index (χ4v) is 4.11. The molecule has 2 N–H and O–H groups in total. The van der Waals surface area contributed by atoms with Gasteiger partial charge in [-0.3, -0.25) is 4.90 Å². The third-order valence-electron chi connectivity index (χ3n) is 4.59. The second-order valence-electron chi connectivity index (χ2n) is 6.64. The second kappa shape index (κ2) is 8.32. The molecule has 2 amide bonds. The van der Waals surface area contributed by atoms with E-state index < -0.39 is 0 Å². The molecular weight excluding hydrogens is 360 g/mol. The maximum absolute atomic E-state index is 12.4. The molecule has 0 unspecified atom stereocenters. The van der Waals surface area contributed by atoms with Gasteiger partial charge in [0.25, 0.3) is 0 Å². The van der Waals surface area contributed by atoms with Crippen molar-refractivity contribution >= 4 is 23.1 Å². The van der Waals surface area contributed by atoms with Gasteiger partial charge in [-0.1, -0.05) is 12.1 Å². The van der Waals surface area contributed by atoms with Gasteiger partial charge in [0.2, 0.25) is 0 Å². The smallest absolute Gasteiger partial charge is 0.319 e. The van der Waals surface area contributed by atoms with Crippen LogP contribution in [0.25, 0.3) is 5.69 Å². The van der Waals surface area contributed by atoms with Crippen LogP contribution in [-0.4, -0.2) is 44.8 Å². The summed E-state index contributed by atoms with van der Waals surface area (Å²) in [6.07, 6.45) is 5.21. The standard InChI is InChI=1S/C19H22N6OS/c26-19(22-15-4-1-6-17(10-15)25-14-20-13-21-25)23-16-5-2-8-24(11-16)12-18-7-3-9-27-18/h1,3-4,6-7,9-10,13-14,16H,2,5,8,11-12H2,(H2,22,23,26)/t16-/m0/s1. The zero-order chi connectivity index (χ0) is 18.5. The molecule has 0 bridgehead atoms. The molecule has 1 aromatic carbocycles. The molecule has 1 aliphatic rings. The average Bonchev–Trinajstić information content (AvgIpc) is 3.36. The molecule has 1 aliphatic heterocycles. The van der Waals surface area contributed by atoms with Crippen LogP contribution < -0.4 is 10.6 Å². The number of aromatic nitrogens is 3. The maximum atomic E-state index is 12.4. The van der Waals surface area contributed by atoms with Crippen LogP contribution in [0.2, 0.25) is 0 Å². The van der Waals surface area contributed by atoms with Gasteiger partial charge in [-0.25, -0.2) is 14.5 Å². The molecule has 0 spiro atoms. The van der Waals surface area contributed by atoms with E-state index in [4.69, 9.17) is 0 Å². The predicted octanol–water partition coefficient (Wildman–Crippen LogP) is 3.11. The van der Waals surface area contributed by atoms with Crippen molar-refractivity contribution in [1.29, 1.82) is 0 Å². The number of rotatable bonds is 5. The highest BCUT2D eigenvalue weighted by Gasteiger charge is 2.21. The van der Waals surface area contributed by atoms with Crippen molar-refractivity contribution in [2.24, 2.45) is 0 Å².